The molecule has 0 saturated carbocycles. The Kier molecular flexibility index (Phi) is 5.01. The molecule has 18 heavy (non-hydrogen) atoms. The van der Waals surface area contributed by atoms with Crippen LogP contribution >= 0.6 is 0 Å². The lowest BCUT2D eigenvalue weighted by Crippen LogP contribution is -2.48. The van der Waals surface area contributed by atoms with Crippen molar-refractivity contribution in [3.8, 4) is 0 Å². The first-order valence-corrected chi connectivity index (χ1v) is 7.33. The van der Waals surface area contributed by atoms with Crippen molar-refractivity contribution in [1.29, 1.82) is 0 Å². The summed E-state index contributed by atoms with van der Waals surface area (Å²) in [5.74, 6) is -0.0463. The van der Waals surface area contributed by atoms with Gasteiger partial charge < -0.3 is 10.1 Å². The maximum Gasteiger partial charge on any atom is 0.305 e. The molecular weight excluding hydrogens is 228 g/mol. The van der Waals surface area contributed by atoms with Crippen molar-refractivity contribution in [2.45, 2.75) is 63.6 Å². The lowest BCUT2D eigenvalue weighted by atomic mass is 9.97. The summed E-state index contributed by atoms with van der Waals surface area (Å²) in [4.78, 5) is 13.9. The highest BCUT2D eigenvalue weighted by atomic mass is 16.5. The molecule has 4 nitrogen and oxygen atoms in total. The first kappa shape index (κ1) is 13.8. The van der Waals surface area contributed by atoms with Gasteiger partial charge in [-0.1, -0.05) is 0 Å². The Labute approximate surface area is 110 Å². The number of esters is 1. The van der Waals surface area contributed by atoms with E-state index in [1.54, 1.807) is 0 Å². The van der Waals surface area contributed by atoms with Crippen molar-refractivity contribution < 1.29 is 9.53 Å². The zero-order valence-corrected chi connectivity index (χ0v) is 11.7. The predicted molar refractivity (Wildman–Crippen MR) is 71.5 cm³/mol. The first-order valence-electron chi connectivity index (χ1n) is 7.33. The maximum atomic E-state index is 11.3. The fourth-order valence-corrected chi connectivity index (χ4v) is 3.51. The van der Waals surface area contributed by atoms with Gasteiger partial charge in [0, 0.05) is 24.5 Å². The van der Waals surface area contributed by atoms with Crippen molar-refractivity contribution >= 4 is 5.97 Å². The Hall–Kier alpha value is -0.610. The molecule has 2 heterocycles. The third kappa shape index (κ3) is 3.23. The van der Waals surface area contributed by atoms with E-state index in [0.717, 1.165) is 25.0 Å². The smallest absolute Gasteiger partial charge is 0.305 e. The summed E-state index contributed by atoms with van der Waals surface area (Å²) in [6.07, 6.45) is 6.72. The molecule has 4 heteroatoms. The molecular formula is C14H26N2O2. The van der Waals surface area contributed by atoms with Crippen LogP contribution in [0.1, 0.15) is 45.4 Å². The van der Waals surface area contributed by atoms with Gasteiger partial charge in [0.1, 0.15) is 0 Å². The van der Waals surface area contributed by atoms with E-state index in [1.807, 2.05) is 6.92 Å². The second kappa shape index (κ2) is 6.53. The zero-order valence-electron chi connectivity index (χ0n) is 11.7. The molecule has 2 aliphatic rings. The average Bonchev–Trinajstić information content (AvgIpc) is 2.61. The highest BCUT2D eigenvalue weighted by Gasteiger charge is 2.39. The maximum absolute atomic E-state index is 11.3. The molecule has 2 unspecified atom stereocenters. The summed E-state index contributed by atoms with van der Waals surface area (Å²) < 4.78 is 4.97. The Morgan fingerprint density at radius 3 is 2.56 bits per heavy atom. The van der Waals surface area contributed by atoms with Crippen LogP contribution in [0.25, 0.3) is 0 Å². The summed E-state index contributed by atoms with van der Waals surface area (Å²) in [6, 6.07) is 2.18. The van der Waals surface area contributed by atoms with E-state index in [0.29, 0.717) is 19.1 Å². The van der Waals surface area contributed by atoms with Gasteiger partial charge in [-0.2, -0.15) is 0 Å². The Morgan fingerprint density at radius 2 is 2.00 bits per heavy atom. The van der Waals surface area contributed by atoms with Crippen LogP contribution in [-0.2, 0) is 9.53 Å². The van der Waals surface area contributed by atoms with Gasteiger partial charge in [0.2, 0.25) is 0 Å². The predicted octanol–water partition coefficient (Wildman–Crippen LogP) is 1.54. The fraction of sp³-hybridized carbons (Fsp3) is 0.929. The van der Waals surface area contributed by atoms with E-state index in [2.05, 4.69) is 17.3 Å². The summed E-state index contributed by atoms with van der Waals surface area (Å²) in [7, 11) is 2.07. The molecule has 104 valence electrons. The Bertz CT molecular complexity index is 269. The Balaban J connectivity index is 1.73. The van der Waals surface area contributed by atoms with Crippen LogP contribution in [0.5, 0.6) is 0 Å². The van der Waals surface area contributed by atoms with Gasteiger partial charge in [-0.15, -0.1) is 0 Å². The topological polar surface area (TPSA) is 41.6 Å². The highest BCUT2D eigenvalue weighted by molar-refractivity contribution is 5.69. The summed E-state index contributed by atoms with van der Waals surface area (Å²) in [6.45, 7) is 3.42. The lowest BCUT2D eigenvalue weighted by molar-refractivity contribution is -0.143. The van der Waals surface area contributed by atoms with E-state index in [-0.39, 0.29) is 5.97 Å². The molecule has 0 aromatic rings. The molecule has 2 fully saturated rings. The van der Waals surface area contributed by atoms with Gasteiger partial charge in [0.15, 0.2) is 0 Å². The largest absolute Gasteiger partial charge is 0.466 e. The summed E-state index contributed by atoms with van der Waals surface area (Å²) >= 11 is 0. The molecule has 0 radical (unpaired) electrons. The van der Waals surface area contributed by atoms with Crippen LogP contribution in [-0.4, -0.2) is 49.2 Å². The molecule has 2 saturated heterocycles. The van der Waals surface area contributed by atoms with Gasteiger partial charge in [-0.25, -0.2) is 0 Å². The van der Waals surface area contributed by atoms with Crippen LogP contribution in [0.15, 0.2) is 0 Å². The number of carbonyl (C=O) groups is 1. The van der Waals surface area contributed by atoms with Gasteiger partial charge >= 0.3 is 5.97 Å². The highest BCUT2D eigenvalue weighted by Crippen LogP contribution is 2.35. The second-order valence-electron chi connectivity index (χ2n) is 5.49. The standard InChI is InChI=1S/C14H26N2O2/c1-3-18-14(17)5-4-8-16-12-6-7-13(16)10-11(9-12)15-2/h11-13,15H,3-10H2,1-2H3. The first-order chi connectivity index (χ1) is 8.74. The van der Waals surface area contributed by atoms with Crippen LogP contribution in [0.4, 0.5) is 0 Å². The van der Waals surface area contributed by atoms with Crippen molar-refractivity contribution in [2.75, 3.05) is 20.2 Å². The second-order valence-corrected chi connectivity index (χ2v) is 5.49. The minimum atomic E-state index is -0.0463. The number of piperidine rings is 1. The number of rotatable bonds is 6. The molecule has 0 amide bonds. The third-order valence-electron chi connectivity index (χ3n) is 4.40. The number of fused-ring (bicyclic) bond motifs is 2. The minimum Gasteiger partial charge on any atom is -0.466 e. The number of nitrogens with one attached hydrogen (secondary N) is 1. The van der Waals surface area contributed by atoms with E-state index in [1.165, 1.54) is 25.7 Å². The number of hydrogen-bond donors (Lipinski definition) is 1. The van der Waals surface area contributed by atoms with Gasteiger partial charge in [-0.3, -0.25) is 9.69 Å². The Morgan fingerprint density at radius 1 is 1.33 bits per heavy atom. The molecule has 0 aliphatic carbocycles. The van der Waals surface area contributed by atoms with E-state index < -0.39 is 0 Å². The number of ether oxygens (including phenoxy) is 1. The lowest BCUT2D eigenvalue weighted by Gasteiger charge is -2.38. The van der Waals surface area contributed by atoms with Crippen LogP contribution in [0, 0.1) is 0 Å². The summed E-state index contributed by atoms with van der Waals surface area (Å²) in [5, 5.41) is 3.42. The van der Waals surface area contributed by atoms with E-state index in [9.17, 15) is 4.79 Å². The van der Waals surface area contributed by atoms with E-state index >= 15 is 0 Å². The average molecular weight is 254 g/mol. The molecule has 2 bridgehead atoms. The van der Waals surface area contributed by atoms with E-state index in [4.69, 9.17) is 4.74 Å². The van der Waals surface area contributed by atoms with Crippen LogP contribution in [0.3, 0.4) is 0 Å². The molecule has 2 aliphatic heterocycles. The monoisotopic (exact) mass is 254 g/mol. The molecule has 2 atom stereocenters. The van der Waals surface area contributed by atoms with Crippen LogP contribution < -0.4 is 5.32 Å². The third-order valence-corrected chi connectivity index (χ3v) is 4.40. The molecule has 0 aromatic carbocycles. The molecule has 1 N–H and O–H groups in total. The zero-order chi connectivity index (χ0) is 13.0. The number of carbonyl (C=O) groups excluding carboxylic acids is 1. The van der Waals surface area contributed by atoms with Crippen molar-refractivity contribution in [3.05, 3.63) is 0 Å². The quantitative estimate of drug-likeness (QED) is 0.730. The molecule has 2 rings (SSSR count). The SMILES string of the molecule is CCOC(=O)CCCN1C2CCC1CC(NC)C2. The van der Waals surface area contributed by atoms with Gasteiger partial charge in [-0.05, 0) is 52.6 Å². The molecule has 0 spiro atoms. The van der Waals surface area contributed by atoms with Crippen molar-refractivity contribution in [3.63, 3.8) is 0 Å². The van der Waals surface area contributed by atoms with Crippen molar-refractivity contribution in [2.24, 2.45) is 0 Å². The normalized spacial score (nSPS) is 31.6. The minimum absolute atomic E-state index is 0.0463. The van der Waals surface area contributed by atoms with Gasteiger partial charge in [0.25, 0.3) is 0 Å². The number of nitrogens with zero attached hydrogens (tertiary/aromatic N) is 1. The molecule has 0 aromatic heterocycles. The van der Waals surface area contributed by atoms with Gasteiger partial charge in [0.05, 0.1) is 6.61 Å². The van der Waals surface area contributed by atoms with Crippen LogP contribution in [0.2, 0.25) is 0 Å². The fourth-order valence-electron chi connectivity index (χ4n) is 3.51. The van der Waals surface area contributed by atoms with Crippen molar-refractivity contribution in [1.82, 2.24) is 10.2 Å². The summed E-state index contributed by atoms with van der Waals surface area (Å²) in [5.41, 5.74) is 0. The number of hydrogen-bond acceptors (Lipinski definition) is 4.